The van der Waals surface area contributed by atoms with Crippen molar-refractivity contribution in [2.24, 2.45) is 5.92 Å². The summed E-state index contributed by atoms with van der Waals surface area (Å²) in [4.78, 5) is 0. The smallest absolute Gasteiger partial charge is 0.0414 e. The van der Waals surface area contributed by atoms with Gasteiger partial charge in [0.2, 0.25) is 0 Å². The molecular formula is C14H28. The van der Waals surface area contributed by atoms with Crippen molar-refractivity contribution in [1.29, 1.82) is 0 Å². The topological polar surface area (TPSA) is 0 Å². The van der Waals surface area contributed by atoms with Crippen molar-refractivity contribution in [1.82, 2.24) is 0 Å². The van der Waals surface area contributed by atoms with Gasteiger partial charge in [0.1, 0.15) is 0 Å². The molecule has 0 aliphatic rings. The van der Waals surface area contributed by atoms with Gasteiger partial charge in [-0.2, -0.15) is 0 Å². The highest BCUT2D eigenvalue weighted by molar-refractivity contribution is 4.62. The molecule has 0 nitrogen and oxygen atoms in total. The molecule has 0 N–H and O–H groups in total. The fourth-order valence-corrected chi connectivity index (χ4v) is 1.71. The van der Waals surface area contributed by atoms with Gasteiger partial charge >= 0.3 is 0 Å². The molecule has 0 aromatic carbocycles. The van der Waals surface area contributed by atoms with Crippen LogP contribution in [0, 0.1) is 19.8 Å². The molecule has 2 radical (unpaired) electrons. The van der Waals surface area contributed by atoms with Crippen LogP contribution in [0.5, 0.6) is 0 Å². The summed E-state index contributed by atoms with van der Waals surface area (Å²) in [6.45, 7) is 10.2. The van der Waals surface area contributed by atoms with E-state index < -0.39 is 0 Å². The van der Waals surface area contributed by atoms with Crippen LogP contribution in [0.4, 0.5) is 0 Å². The highest BCUT2D eigenvalue weighted by atomic mass is 14.0. The van der Waals surface area contributed by atoms with Crippen LogP contribution in [-0.2, 0) is 0 Å². The Morgan fingerprint density at radius 2 is 1.36 bits per heavy atom. The number of unbranched alkanes of at least 4 members (excludes halogenated alkanes) is 7. The van der Waals surface area contributed by atoms with E-state index in [1.54, 1.807) is 0 Å². The van der Waals surface area contributed by atoms with E-state index in [1.807, 2.05) is 0 Å². The van der Waals surface area contributed by atoms with Crippen LogP contribution >= 0.6 is 0 Å². The molecule has 0 heterocycles. The van der Waals surface area contributed by atoms with Gasteiger partial charge in [-0.25, -0.2) is 0 Å². The molecule has 1 unspecified atom stereocenters. The summed E-state index contributed by atoms with van der Waals surface area (Å²) in [5, 5.41) is 0. The lowest BCUT2D eigenvalue weighted by atomic mass is 10.00. The second-order valence-electron chi connectivity index (χ2n) is 4.42. The number of hydrogen-bond acceptors (Lipinski definition) is 0. The van der Waals surface area contributed by atoms with Crippen LogP contribution < -0.4 is 0 Å². The summed E-state index contributed by atoms with van der Waals surface area (Å²) in [5.41, 5.74) is 0. The van der Waals surface area contributed by atoms with Crippen molar-refractivity contribution in [2.45, 2.75) is 71.1 Å². The molecule has 0 aromatic heterocycles. The Labute approximate surface area is 91.5 Å². The van der Waals surface area contributed by atoms with E-state index in [2.05, 4.69) is 20.8 Å². The Bertz CT molecular complexity index is 96.2. The molecule has 0 amide bonds. The Kier molecular flexibility index (Phi) is 11.1. The van der Waals surface area contributed by atoms with Gasteiger partial charge in [0, 0.05) is 0 Å². The van der Waals surface area contributed by atoms with E-state index in [0.29, 0.717) is 5.92 Å². The minimum absolute atomic E-state index is 0.593. The van der Waals surface area contributed by atoms with E-state index >= 15 is 0 Å². The van der Waals surface area contributed by atoms with E-state index in [0.717, 1.165) is 6.42 Å². The number of rotatable bonds is 10. The van der Waals surface area contributed by atoms with Crippen LogP contribution in [0.3, 0.4) is 0 Å². The first kappa shape index (κ1) is 14.0. The summed E-state index contributed by atoms with van der Waals surface area (Å²) in [6, 6.07) is 0. The maximum atomic E-state index is 4.05. The first-order valence-corrected chi connectivity index (χ1v) is 6.43. The van der Waals surface area contributed by atoms with Gasteiger partial charge in [-0.1, -0.05) is 85.0 Å². The molecule has 0 saturated carbocycles. The van der Waals surface area contributed by atoms with Crippen molar-refractivity contribution >= 4 is 0 Å². The molecule has 0 aliphatic carbocycles. The largest absolute Gasteiger partial charge is 0.0654 e. The van der Waals surface area contributed by atoms with Crippen LogP contribution in [0.25, 0.3) is 0 Å². The lowest BCUT2D eigenvalue weighted by Crippen LogP contribution is -1.92. The molecule has 0 aromatic rings. The van der Waals surface area contributed by atoms with Gasteiger partial charge in [-0.15, -0.1) is 0 Å². The molecule has 0 aliphatic heterocycles. The minimum Gasteiger partial charge on any atom is -0.0654 e. The van der Waals surface area contributed by atoms with Gasteiger partial charge in [-0.3, -0.25) is 0 Å². The van der Waals surface area contributed by atoms with E-state index in [1.165, 1.54) is 57.8 Å². The standard InChI is InChI=1S/C14H28/c1-4-6-7-8-9-10-11-12-13-14(3)5-2/h14H,2-13H2,1H3. The van der Waals surface area contributed by atoms with Gasteiger partial charge in [-0.05, 0) is 5.92 Å². The fourth-order valence-electron chi connectivity index (χ4n) is 1.71. The second-order valence-corrected chi connectivity index (χ2v) is 4.42. The second kappa shape index (κ2) is 11.1. The SMILES string of the molecule is [CH2]CC([CH2])CCCCCCCCCC. The molecule has 1 atom stereocenters. The Balaban J connectivity index is 2.92. The van der Waals surface area contributed by atoms with Crippen molar-refractivity contribution < 1.29 is 0 Å². The normalized spacial score (nSPS) is 13.1. The Hall–Kier alpha value is 0. The van der Waals surface area contributed by atoms with Crippen molar-refractivity contribution in [3.05, 3.63) is 13.8 Å². The predicted molar refractivity (Wildman–Crippen MR) is 66.0 cm³/mol. The first-order valence-electron chi connectivity index (χ1n) is 6.43. The molecule has 0 spiro atoms. The van der Waals surface area contributed by atoms with Crippen LogP contribution in [0.15, 0.2) is 0 Å². The maximum Gasteiger partial charge on any atom is -0.0414 e. The lowest BCUT2D eigenvalue weighted by Gasteiger charge is -2.07. The summed E-state index contributed by atoms with van der Waals surface area (Å²) >= 11 is 0. The molecule has 84 valence electrons. The monoisotopic (exact) mass is 196 g/mol. The van der Waals surface area contributed by atoms with E-state index in [-0.39, 0.29) is 0 Å². The maximum absolute atomic E-state index is 4.05. The lowest BCUT2D eigenvalue weighted by molar-refractivity contribution is 0.513. The zero-order valence-electron chi connectivity index (χ0n) is 10.1. The van der Waals surface area contributed by atoms with E-state index in [4.69, 9.17) is 0 Å². The fraction of sp³-hybridized carbons (Fsp3) is 0.857. The van der Waals surface area contributed by atoms with Crippen LogP contribution in [0.2, 0.25) is 0 Å². The van der Waals surface area contributed by atoms with Crippen molar-refractivity contribution in [3.63, 3.8) is 0 Å². The highest BCUT2D eigenvalue weighted by Gasteiger charge is 1.97. The van der Waals surface area contributed by atoms with Crippen molar-refractivity contribution in [3.8, 4) is 0 Å². The summed E-state index contributed by atoms with van der Waals surface area (Å²) in [6.07, 6.45) is 13.5. The number of hydrogen-bond donors (Lipinski definition) is 0. The first-order chi connectivity index (χ1) is 6.81. The molecule has 14 heavy (non-hydrogen) atoms. The predicted octanol–water partition coefficient (Wildman–Crippen LogP) is 5.19. The van der Waals surface area contributed by atoms with Gasteiger partial charge in [0.15, 0.2) is 0 Å². The molecule has 0 heteroatoms. The summed E-state index contributed by atoms with van der Waals surface area (Å²) < 4.78 is 0. The third-order valence-electron chi connectivity index (χ3n) is 2.87. The van der Waals surface area contributed by atoms with E-state index in [9.17, 15) is 0 Å². The van der Waals surface area contributed by atoms with Gasteiger partial charge < -0.3 is 0 Å². The van der Waals surface area contributed by atoms with Crippen molar-refractivity contribution in [2.75, 3.05) is 0 Å². The average molecular weight is 196 g/mol. The third kappa shape index (κ3) is 10.1. The van der Waals surface area contributed by atoms with Gasteiger partial charge in [0.05, 0.1) is 0 Å². The minimum atomic E-state index is 0.593. The molecule has 0 saturated heterocycles. The molecule has 0 bridgehead atoms. The molecule has 0 fully saturated rings. The Morgan fingerprint density at radius 3 is 1.86 bits per heavy atom. The summed E-state index contributed by atoms with van der Waals surface area (Å²) in [7, 11) is 0. The average Bonchev–Trinajstić information content (AvgIpc) is 2.21. The zero-order chi connectivity index (χ0) is 10.6. The van der Waals surface area contributed by atoms with Gasteiger partial charge in [0.25, 0.3) is 0 Å². The third-order valence-corrected chi connectivity index (χ3v) is 2.87. The van der Waals surface area contributed by atoms with Crippen LogP contribution in [-0.4, -0.2) is 0 Å². The zero-order valence-corrected chi connectivity index (χ0v) is 10.1. The quantitative estimate of drug-likeness (QED) is 0.422. The summed E-state index contributed by atoms with van der Waals surface area (Å²) in [5.74, 6) is 0.593. The van der Waals surface area contributed by atoms with Crippen LogP contribution in [0.1, 0.15) is 71.1 Å². The Morgan fingerprint density at radius 1 is 0.857 bits per heavy atom. The molecular weight excluding hydrogens is 168 g/mol. The highest BCUT2D eigenvalue weighted by Crippen LogP contribution is 2.14. The molecule has 0 rings (SSSR count).